The van der Waals surface area contributed by atoms with E-state index < -0.39 is 0 Å². The van der Waals surface area contributed by atoms with Crippen molar-refractivity contribution in [2.75, 3.05) is 47.1 Å². The molecule has 1 fully saturated rings. The summed E-state index contributed by atoms with van der Waals surface area (Å²) in [5, 5.41) is 6.66. The van der Waals surface area contributed by atoms with Crippen molar-refractivity contribution in [1.82, 2.24) is 10.6 Å². The molecule has 146 valence electrons. The van der Waals surface area contributed by atoms with E-state index in [0.29, 0.717) is 12.7 Å². The molecule has 2 N–H and O–H groups in total. The van der Waals surface area contributed by atoms with E-state index in [1.807, 2.05) is 0 Å². The number of rotatable bonds is 10. The first-order valence-electron chi connectivity index (χ1n) is 9.50. The molecule has 1 aliphatic heterocycles. The fraction of sp³-hybridized carbons (Fsp3) is 0.650. The second-order valence-electron chi connectivity index (χ2n) is 6.54. The average Bonchev–Trinajstić information content (AvgIpc) is 3.17. The van der Waals surface area contributed by atoms with E-state index in [0.717, 1.165) is 69.3 Å². The van der Waals surface area contributed by atoms with Crippen molar-refractivity contribution in [2.45, 2.75) is 38.7 Å². The second kappa shape index (κ2) is 11.8. The molecule has 0 aliphatic carbocycles. The van der Waals surface area contributed by atoms with Crippen molar-refractivity contribution in [3.63, 3.8) is 0 Å². The van der Waals surface area contributed by atoms with Gasteiger partial charge in [0.05, 0.1) is 19.8 Å². The van der Waals surface area contributed by atoms with Crippen LogP contribution in [-0.4, -0.2) is 59.1 Å². The van der Waals surface area contributed by atoms with Crippen LogP contribution in [0, 0.1) is 6.92 Å². The van der Waals surface area contributed by atoms with Gasteiger partial charge in [-0.3, -0.25) is 4.99 Å². The first-order chi connectivity index (χ1) is 12.7. The van der Waals surface area contributed by atoms with Gasteiger partial charge in [-0.05, 0) is 49.8 Å². The van der Waals surface area contributed by atoms with Crippen LogP contribution in [0.3, 0.4) is 0 Å². The van der Waals surface area contributed by atoms with E-state index in [9.17, 15) is 0 Å². The van der Waals surface area contributed by atoms with Gasteiger partial charge in [0.2, 0.25) is 0 Å². The summed E-state index contributed by atoms with van der Waals surface area (Å²) in [5.41, 5.74) is 2.40. The molecule has 1 unspecified atom stereocenters. The molecule has 1 saturated heterocycles. The first-order valence-corrected chi connectivity index (χ1v) is 9.50. The Kier molecular flexibility index (Phi) is 9.28. The minimum Gasteiger partial charge on any atom is -0.496 e. The summed E-state index contributed by atoms with van der Waals surface area (Å²) in [6.45, 7) is 6.05. The van der Waals surface area contributed by atoms with Crippen LogP contribution in [0.2, 0.25) is 0 Å². The summed E-state index contributed by atoms with van der Waals surface area (Å²) in [5.74, 6) is 1.76. The molecule has 6 nitrogen and oxygen atoms in total. The van der Waals surface area contributed by atoms with Crippen LogP contribution < -0.4 is 15.4 Å². The molecule has 0 aromatic heterocycles. The van der Waals surface area contributed by atoms with Crippen LogP contribution in [-0.2, 0) is 15.9 Å². The topological polar surface area (TPSA) is 64.1 Å². The Labute approximate surface area is 157 Å². The lowest BCUT2D eigenvalue weighted by atomic mass is 10.1. The first kappa shape index (κ1) is 20.5. The van der Waals surface area contributed by atoms with E-state index in [1.54, 1.807) is 14.2 Å². The lowest BCUT2D eigenvalue weighted by Crippen LogP contribution is -2.39. The van der Waals surface area contributed by atoms with E-state index >= 15 is 0 Å². The van der Waals surface area contributed by atoms with Gasteiger partial charge in [-0.25, -0.2) is 0 Å². The van der Waals surface area contributed by atoms with Gasteiger partial charge in [0.1, 0.15) is 5.75 Å². The molecule has 0 saturated carbocycles. The third kappa shape index (κ3) is 7.22. The molecule has 6 heteroatoms. The zero-order valence-electron chi connectivity index (χ0n) is 16.3. The molecule has 1 aromatic carbocycles. The minimum absolute atomic E-state index is 0.304. The fourth-order valence-corrected chi connectivity index (χ4v) is 2.94. The Morgan fingerprint density at radius 3 is 2.88 bits per heavy atom. The lowest BCUT2D eigenvalue weighted by Gasteiger charge is -2.13. The Morgan fingerprint density at radius 2 is 2.15 bits per heavy atom. The van der Waals surface area contributed by atoms with Crippen LogP contribution in [0.5, 0.6) is 5.75 Å². The summed E-state index contributed by atoms with van der Waals surface area (Å²) in [4.78, 5) is 4.26. The number of methoxy groups -OCH3 is 1. The van der Waals surface area contributed by atoms with Crippen LogP contribution in [0.25, 0.3) is 0 Å². The molecule has 0 spiro atoms. The Hall–Kier alpha value is -1.79. The number of nitrogens with one attached hydrogen (secondary N) is 2. The SMILES string of the molecule is CN=C(NCCCOCC1CCCO1)NCCc1ccc(C)c(OC)c1. The monoisotopic (exact) mass is 363 g/mol. The summed E-state index contributed by atoms with van der Waals surface area (Å²) in [7, 11) is 3.50. The van der Waals surface area contributed by atoms with Gasteiger partial charge in [0.15, 0.2) is 5.96 Å². The van der Waals surface area contributed by atoms with Gasteiger partial charge in [0, 0.05) is 33.4 Å². The zero-order chi connectivity index (χ0) is 18.6. The van der Waals surface area contributed by atoms with Crippen molar-refractivity contribution < 1.29 is 14.2 Å². The van der Waals surface area contributed by atoms with Gasteiger partial charge < -0.3 is 24.8 Å². The minimum atomic E-state index is 0.304. The highest BCUT2D eigenvalue weighted by Gasteiger charge is 2.14. The van der Waals surface area contributed by atoms with Crippen molar-refractivity contribution in [3.8, 4) is 5.75 Å². The molecule has 0 bridgehead atoms. The number of aliphatic imine (C=N–C) groups is 1. The predicted octanol–water partition coefficient (Wildman–Crippen LogP) is 2.30. The zero-order valence-corrected chi connectivity index (χ0v) is 16.3. The number of hydrogen-bond donors (Lipinski definition) is 2. The predicted molar refractivity (Wildman–Crippen MR) is 105 cm³/mol. The van der Waals surface area contributed by atoms with Gasteiger partial charge in [-0.1, -0.05) is 12.1 Å². The molecule has 0 amide bonds. The maximum atomic E-state index is 5.67. The highest BCUT2D eigenvalue weighted by Crippen LogP contribution is 2.19. The molecule has 0 radical (unpaired) electrons. The molecular formula is C20H33N3O3. The highest BCUT2D eigenvalue weighted by atomic mass is 16.5. The van der Waals surface area contributed by atoms with Crippen molar-refractivity contribution in [2.24, 2.45) is 4.99 Å². The summed E-state index contributed by atoms with van der Waals surface area (Å²) >= 11 is 0. The van der Waals surface area contributed by atoms with Gasteiger partial charge in [0.25, 0.3) is 0 Å². The summed E-state index contributed by atoms with van der Waals surface area (Å²) in [6.07, 6.45) is 4.46. The molecule has 26 heavy (non-hydrogen) atoms. The normalized spacial score (nSPS) is 17.3. The fourth-order valence-electron chi connectivity index (χ4n) is 2.94. The molecule has 1 aromatic rings. The van der Waals surface area contributed by atoms with Gasteiger partial charge in [-0.15, -0.1) is 0 Å². The van der Waals surface area contributed by atoms with E-state index in [2.05, 4.69) is 40.7 Å². The second-order valence-corrected chi connectivity index (χ2v) is 6.54. The van der Waals surface area contributed by atoms with E-state index in [1.165, 1.54) is 5.56 Å². The number of benzene rings is 1. The standard InChI is InChI=1S/C20H33N3O3/c1-16-7-8-17(14-19(16)24-3)9-11-23-20(21-2)22-10-5-12-25-15-18-6-4-13-26-18/h7-8,14,18H,4-6,9-13,15H2,1-3H3,(H2,21,22,23). The quantitative estimate of drug-likeness (QED) is 0.379. The number of aryl methyl sites for hydroxylation is 1. The van der Waals surface area contributed by atoms with Gasteiger partial charge >= 0.3 is 0 Å². The third-order valence-corrected chi connectivity index (χ3v) is 4.49. The average molecular weight is 364 g/mol. The number of guanidine groups is 1. The summed E-state index contributed by atoms with van der Waals surface area (Å²) in [6, 6.07) is 6.33. The molecule has 1 atom stereocenters. The van der Waals surface area contributed by atoms with Crippen molar-refractivity contribution in [3.05, 3.63) is 29.3 Å². The Bertz CT molecular complexity index is 557. The van der Waals surface area contributed by atoms with Crippen molar-refractivity contribution in [1.29, 1.82) is 0 Å². The largest absolute Gasteiger partial charge is 0.496 e. The summed E-state index contributed by atoms with van der Waals surface area (Å²) < 4.78 is 16.6. The van der Waals surface area contributed by atoms with E-state index in [-0.39, 0.29) is 0 Å². The molecule has 1 heterocycles. The number of ether oxygens (including phenoxy) is 3. The lowest BCUT2D eigenvalue weighted by molar-refractivity contribution is 0.0168. The van der Waals surface area contributed by atoms with Crippen LogP contribution in [0.4, 0.5) is 0 Å². The maximum absolute atomic E-state index is 5.67. The van der Waals surface area contributed by atoms with Crippen LogP contribution >= 0.6 is 0 Å². The van der Waals surface area contributed by atoms with E-state index in [4.69, 9.17) is 14.2 Å². The van der Waals surface area contributed by atoms with Crippen LogP contribution in [0.15, 0.2) is 23.2 Å². The smallest absolute Gasteiger partial charge is 0.190 e. The highest BCUT2D eigenvalue weighted by molar-refractivity contribution is 5.79. The number of hydrogen-bond acceptors (Lipinski definition) is 4. The molecular weight excluding hydrogens is 330 g/mol. The van der Waals surface area contributed by atoms with Crippen molar-refractivity contribution >= 4 is 5.96 Å². The maximum Gasteiger partial charge on any atom is 0.190 e. The number of nitrogens with zero attached hydrogens (tertiary/aromatic N) is 1. The van der Waals surface area contributed by atoms with Crippen LogP contribution in [0.1, 0.15) is 30.4 Å². The van der Waals surface area contributed by atoms with Gasteiger partial charge in [-0.2, -0.15) is 0 Å². The third-order valence-electron chi connectivity index (χ3n) is 4.49. The Morgan fingerprint density at radius 1 is 1.31 bits per heavy atom. The molecule has 2 rings (SSSR count). The molecule has 1 aliphatic rings. The Balaban J connectivity index is 1.56.